The minimum absolute atomic E-state index is 0.181. The zero-order chi connectivity index (χ0) is 14.7. The van der Waals surface area contributed by atoms with Crippen molar-refractivity contribution in [2.24, 2.45) is 0 Å². The van der Waals surface area contributed by atoms with E-state index < -0.39 is 0 Å². The van der Waals surface area contributed by atoms with Crippen LogP contribution >= 0.6 is 0 Å². The van der Waals surface area contributed by atoms with Crippen LogP contribution < -0.4 is 5.43 Å². The lowest BCUT2D eigenvalue weighted by Gasteiger charge is -2.13. The summed E-state index contributed by atoms with van der Waals surface area (Å²) >= 11 is 0. The second-order valence-electron chi connectivity index (χ2n) is 4.99. The molecule has 0 radical (unpaired) electrons. The van der Waals surface area contributed by atoms with Gasteiger partial charge in [0.1, 0.15) is 0 Å². The first kappa shape index (κ1) is 14.5. The Bertz CT molecular complexity index is 701. The second-order valence-corrected chi connectivity index (χ2v) is 4.99. The lowest BCUT2D eigenvalue weighted by Crippen LogP contribution is -2.18. The number of aryl methyl sites for hydroxylation is 2. The summed E-state index contributed by atoms with van der Waals surface area (Å²) in [6.45, 7) is 4.73. The van der Waals surface area contributed by atoms with Crippen molar-refractivity contribution in [3.05, 3.63) is 45.7 Å². The lowest BCUT2D eigenvalue weighted by molar-refractivity contribution is 0.101. The summed E-state index contributed by atoms with van der Waals surface area (Å²) in [6, 6.07) is 5.75. The topological polar surface area (TPSA) is 48.3 Å². The van der Waals surface area contributed by atoms with Crippen molar-refractivity contribution in [3.8, 4) is 0 Å². The Kier molecular flexibility index (Phi) is 4.35. The molecular weight excluding hydrogens is 254 g/mol. The van der Waals surface area contributed by atoms with E-state index in [1.807, 2.05) is 29.7 Å². The van der Waals surface area contributed by atoms with Gasteiger partial charge in [-0.05, 0) is 32.4 Å². The predicted molar refractivity (Wildman–Crippen MR) is 79.4 cm³/mol. The molecule has 0 saturated carbocycles. The van der Waals surface area contributed by atoms with Crippen LogP contribution in [0.2, 0.25) is 0 Å². The number of nitrogens with zero attached hydrogens (tertiary/aromatic N) is 1. The van der Waals surface area contributed by atoms with Gasteiger partial charge in [0.05, 0.1) is 11.1 Å². The number of hydrogen-bond donors (Lipinski definition) is 0. The number of ether oxygens (including phenoxy) is 1. The third kappa shape index (κ3) is 2.80. The van der Waals surface area contributed by atoms with Crippen LogP contribution in [0, 0.1) is 6.92 Å². The SMILES string of the molecule is COCCCn1cc(C(C)=O)c(=O)c2cc(C)ccc21. The van der Waals surface area contributed by atoms with E-state index in [-0.39, 0.29) is 16.8 Å². The van der Waals surface area contributed by atoms with E-state index in [0.717, 1.165) is 17.5 Å². The smallest absolute Gasteiger partial charge is 0.200 e. The maximum atomic E-state index is 12.3. The summed E-state index contributed by atoms with van der Waals surface area (Å²) < 4.78 is 7.02. The van der Waals surface area contributed by atoms with Crippen LogP contribution in [0.4, 0.5) is 0 Å². The van der Waals surface area contributed by atoms with Crippen LogP contribution in [0.3, 0.4) is 0 Å². The van der Waals surface area contributed by atoms with Crippen molar-refractivity contribution in [2.75, 3.05) is 13.7 Å². The average Bonchev–Trinajstić information content (AvgIpc) is 2.41. The Morgan fingerprint density at radius 1 is 1.35 bits per heavy atom. The van der Waals surface area contributed by atoms with Gasteiger partial charge in [-0.3, -0.25) is 9.59 Å². The zero-order valence-corrected chi connectivity index (χ0v) is 12.1. The third-order valence-electron chi connectivity index (χ3n) is 3.36. The molecule has 1 aromatic carbocycles. The Hall–Kier alpha value is -1.94. The maximum absolute atomic E-state index is 12.3. The van der Waals surface area contributed by atoms with E-state index in [9.17, 15) is 9.59 Å². The molecule has 4 nitrogen and oxygen atoms in total. The lowest BCUT2D eigenvalue weighted by atomic mass is 10.1. The summed E-state index contributed by atoms with van der Waals surface area (Å²) in [4.78, 5) is 24.0. The van der Waals surface area contributed by atoms with Gasteiger partial charge in [0.15, 0.2) is 11.2 Å². The van der Waals surface area contributed by atoms with Crippen molar-refractivity contribution >= 4 is 16.7 Å². The molecule has 4 heteroatoms. The van der Waals surface area contributed by atoms with E-state index in [1.165, 1.54) is 6.92 Å². The fraction of sp³-hybridized carbons (Fsp3) is 0.375. The molecule has 0 atom stereocenters. The molecule has 0 amide bonds. The van der Waals surface area contributed by atoms with Crippen LogP contribution in [0.15, 0.2) is 29.2 Å². The summed E-state index contributed by atoms with van der Waals surface area (Å²) in [5.74, 6) is -0.195. The van der Waals surface area contributed by atoms with E-state index in [1.54, 1.807) is 13.3 Å². The zero-order valence-electron chi connectivity index (χ0n) is 12.1. The molecule has 1 heterocycles. The number of carbonyl (C=O) groups is 1. The fourth-order valence-corrected chi connectivity index (χ4v) is 2.33. The number of ketones is 1. The van der Waals surface area contributed by atoms with E-state index >= 15 is 0 Å². The number of aromatic nitrogens is 1. The van der Waals surface area contributed by atoms with Gasteiger partial charge in [-0.1, -0.05) is 11.6 Å². The van der Waals surface area contributed by atoms with Crippen LogP contribution in [-0.4, -0.2) is 24.1 Å². The molecule has 0 unspecified atom stereocenters. The van der Waals surface area contributed by atoms with Gasteiger partial charge in [0, 0.05) is 31.8 Å². The average molecular weight is 273 g/mol. The van der Waals surface area contributed by atoms with Crippen molar-refractivity contribution in [2.45, 2.75) is 26.8 Å². The molecule has 0 saturated heterocycles. The van der Waals surface area contributed by atoms with Gasteiger partial charge in [-0.15, -0.1) is 0 Å². The van der Waals surface area contributed by atoms with Gasteiger partial charge in [0.2, 0.25) is 0 Å². The minimum atomic E-state index is -0.195. The first-order chi connectivity index (χ1) is 9.54. The van der Waals surface area contributed by atoms with Crippen molar-refractivity contribution < 1.29 is 9.53 Å². The van der Waals surface area contributed by atoms with Gasteiger partial charge in [0.25, 0.3) is 0 Å². The van der Waals surface area contributed by atoms with Gasteiger partial charge >= 0.3 is 0 Å². The fourth-order valence-electron chi connectivity index (χ4n) is 2.33. The quantitative estimate of drug-likeness (QED) is 0.621. The summed E-state index contributed by atoms with van der Waals surface area (Å²) in [6.07, 6.45) is 2.50. The predicted octanol–water partition coefficient (Wildman–Crippen LogP) is 2.55. The minimum Gasteiger partial charge on any atom is -0.385 e. The number of hydrogen-bond acceptors (Lipinski definition) is 3. The molecule has 0 N–H and O–H groups in total. The van der Waals surface area contributed by atoms with Crippen molar-refractivity contribution in [1.82, 2.24) is 4.57 Å². The summed E-state index contributed by atoms with van der Waals surface area (Å²) in [5, 5.41) is 0.607. The van der Waals surface area contributed by atoms with Crippen LogP contribution in [0.25, 0.3) is 10.9 Å². The highest BCUT2D eigenvalue weighted by Crippen LogP contribution is 2.15. The van der Waals surface area contributed by atoms with Crippen LogP contribution in [0.5, 0.6) is 0 Å². The maximum Gasteiger partial charge on any atom is 0.200 e. The number of carbonyl (C=O) groups excluding carboxylic acids is 1. The first-order valence-corrected chi connectivity index (χ1v) is 6.68. The highest BCUT2D eigenvalue weighted by Gasteiger charge is 2.12. The normalized spacial score (nSPS) is 10.9. The number of methoxy groups -OCH3 is 1. The molecule has 0 aliphatic carbocycles. The highest BCUT2D eigenvalue weighted by molar-refractivity contribution is 5.97. The number of fused-ring (bicyclic) bond motifs is 1. The molecular formula is C16H19NO3. The number of pyridine rings is 1. The standard InChI is InChI=1S/C16H19NO3/c1-11-5-6-15-13(9-11)16(19)14(12(2)18)10-17(15)7-4-8-20-3/h5-6,9-10H,4,7-8H2,1-3H3. The molecule has 0 aliphatic rings. The number of rotatable bonds is 5. The third-order valence-corrected chi connectivity index (χ3v) is 3.36. The van der Waals surface area contributed by atoms with Crippen molar-refractivity contribution in [3.63, 3.8) is 0 Å². The molecule has 0 spiro atoms. The number of Topliss-reactive ketones (excluding diaryl/α,β-unsaturated/α-hetero) is 1. The molecule has 0 fully saturated rings. The van der Waals surface area contributed by atoms with E-state index in [0.29, 0.717) is 18.5 Å². The van der Waals surface area contributed by atoms with Gasteiger partial charge < -0.3 is 9.30 Å². The highest BCUT2D eigenvalue weighted by atomic mass is 16.5. The first-order valence-electron chi connectivity index (χ1n) is 6.68. The Balaban J connectivity index is 2.63. The molecule has 106 valence electrons. The van der Waals surface area contributed by atoms with E-state index in [2.05, 4.69) is 0 Å². The van der Waals surface area contributed by atoms with Crippen LogP contribution in [-0.2, 0) is 11.3 Å². The molecule has 0 aliphatic heterocycles. The van der Waals surface area contributed by atoms with Crippen LogP contribution in [0.1, 0.15) is 29.3 Å². The largest absolute Gasteiger partial charge is 0.385 e. The Morgan fingerprint density at radius 2 is 2.10 bits per heavy atom. The molecule has 20 heavy (non-hydrogen) atoms. The van der Waals surface area contributed by atoms with Gasteiger partial charge in [-0.2, -0.15) is 0 Å². The second kappa shape index (κ2) is 6.01. The van der Waals surface area contributed by atoms with Crippen molar-refractivity contribution in [1.29, 1.82) is 0 Å². The molecule has 0 bridgehead atoms. The van der Waals surface area contributed by atoms with E-state index in [4.69, 9.17) is 4.74 Å². The van der Waals surface area contributed by atoms with Gasteiger partial charge in [-0.25, -0.2) is 0 Å². The summed E-state index contributed by atoms with van der Waals surface area (Å²) in [7, 11) is 1.66. The molecule has 2 rings (SSSR count). The Morgan fingerprint density at radius 3 is 2.75 bits per heavy atom. The summed E-state index contributed by atoms with van der Waals surface area (Å²) in [5.41, 5.74) is 1.94. The number of benzene rings is 1. The molecule has 1 aromatic heterocycles. The molecule has 2 aromatic rings. The monoisotopic (exact) mass is 273 g/mol. The Labute approximate surface area is 118 Å².